The van der Waals surface area contributed by atoms with E-state index in [1.54, 1.807) is 18.9 Å². The number of hydrogen-bond donors (Lipinski definition) is 2. The lowest BCUT2D eigenvalue weighted by atomic mass is 9.44. The maximum Gasteiger partial charge on any atom is 0.339 e. The van der Waals surface area contributed by atoms with E-state index in [9.17, 15) is 19.8 Å². The van der Waals surface area contributed by atoms with Crippen LogP contribution in [0, 0.1) is 35.5 Å². The van der Waals surface area contributed by atoms with Crippen molar-refractivity contribution in [1.82, 2.24) is 0 Å². The smallest absolute Gasteiger partial charge is 0.339 e. The van der Waals surface area contributed by atoms with Crippen molar-refractivity contribution in [2.24, 2.45) is 28.6 Å². The van der Waals surface area contributed by atoms with E-state index in [0.717, 1.165) is 17.3 Å². The Labute approximate surface area is 208 Å². The van der Waals surface area contributed by atoms with Gasteiger partial charge in [-0.1, -0.05) is 30.7 Å². The van der Waals surface area contributed by atoms with Crippen LogP contribution in [0.25, 0.3) is 0 Å². The second-order valence-electron chi connectivity index (χ2n) is 11.8. The topological polar surface area (TPSA) is 87.1 Å². The van der Waals surface area contributed by atoms with Crippen molar-refractivity contribution in [1.29, 1.82) is 0 Å². The zero-order valence-electron chi connectivity index (χ0n) is 20.6. The minimum absolute atomic E-state index is 0.0596. The Bertz CT molecular complexity index is 1210. The van der Waals surface area contributed by atoms with Gasteiger partial charge in [-0.2, -0.15) is 0 Å². The highest BCUT2D eigenvalue weighted by molar-refractivity contribution is 6.01. The van der Waals surface area contributed by atoms with Crippen molar-refractivity contribution < 1.29 is 33.4 Å². The molecule has 1 aromatic rings. The summed E-state index contributed by atoms with van der Waals surface area (Å²) in [7, 11) is 0. The van der Waals surface area contributed by atoms with Gasteiger partial charge >= 0.3 is 5.97 Å². The van der Waals surface area contributed by atoms with Crippen LogP contribution in [0.3, 0.4) is 0 Å². The van der Waals surface area contributed by atoms with E-state index >= 15 is 8.78 Å². The molecule has 2 N–H and O–H groups in total. The van der Waals surface area contributed by atoms with Gasteiger partial charge in [0.25, 0.3) is 0 Å². The molecule has 0 unspecified atom stereocenters. The van der Waals surface area contributed by atoms with Crippen LogP contribution < -0.4 is 5.06 Å². The van der Waals surface area contributed by atoms with Gasteiger partial charge in [-0.25, -0.2) is 13.6 Å². The molecule has 0 aromatic heterocycles. The van der Waals surface area contributed by atoms with Crippen molar-refractivity contribution in [3.63, 3.8) is 0 Å². The third kappa shape index (κ3) is 2.62. The highest BCUT2D eigenvalue weighted by atomic mass is 19.1. The van der Waals surface area contributed by atoms with Gasteiger partial charge in [0.1, 0.15) is 6.17 Å². The molecule has 0 bridgehead atoms. The van der Waals surface area contributed by atoms with E-state index in [0.29, 0.717) is 13.0 Å². The van der Waals surface area contributed by atoms with Crippen LogP contribution in [0.1, 0.15) is 38.7 Å². The summed E-state index contributed by atoms with van der Waals surface area (Å²) in [6.07, 6.45) is 0.676. The number of aliphatic hydroxyl groups is 1. The number of carbonyl (C=O) groups excluding carboxylic acids is 1. The molecule has 36 heavy (non-hydrogen) atoms. The Hall–Kier alpha value is -2.58. The van der Waals surface area contributed by atoms with Crippen molar-refractivity contribution in [2.45, 2.75) is 63.6 Å². The molecular formula is C28H31F2NO5. The van der Waals surface area contributed by atoms with Crippen LogP contribution >= 0.6 is 0 Å². The Morgan fingerprint density at radius 1 is 1.17 bits per heavy atom. The number of fused-ring (bicyclic) bond motifs is 7. The fraction of sp³-hybridized carbons (Fsp3) is 0.571. The van der Waals surface area contributed by atoms with Crippen LogP contribution in [-0.4, -0.2) is 52.1 Å². The van der Waals surface area contributed by atoms with Crippen LogP contribution in [-0.2, 0) is 14.4 Å². The first-order valence-electron chi connectivity index (χ1n) is 12.6. The normalized spacial score (nSPS) is 47.1. The van der Waals surface area contributed by atoms with Crippen LogP contribution in [0.15, 0.2) is 48.1 Å². The van der Waals surface area contributed by atoms with Crippen molar-refractivity contribution in [2.75, 3.05) is 11.6 Å². The summed E-state index contributed by atoms with van der Waals surface area (Å²) in [6.45, 7) is 5.57. The molecule has 3 saturated carbocycles. The fourth-order valence-corrected chi connectivity index (χ4v) is 8.47. The molecule has 9 atom stereocenters. The molecule has 6 nitrogen and oxygen atoms in total. The van der Waals surface area contributed by atoms with E-state index in [4.69, 9.17) is 4.84 Å². The summed E-state index contributed by atoms with van der Waals surface area (Å²) >= 11 is 0. The van der Waals surface area contributed by atoms with Gasteiger partial charge in [0.2, 0.25) is 5.60 Å². The number of carboxylic acid groups (broad SMARTS) is 1. The highest BCUT2D eigenvalue weighted by Gasteiger charge is 2.80. The molecule has 4 fully saturated rings. The first-order valence-corrected chi connectivity index (χ1v) is 12.6. The number of rotatable bonds is 2. The summed E-state index contributed by atoms with van der Waals surface area (Å²) in [5.41, 5.74) is -4.69. The van der Waals surface area contributed by atoms with Crippen molar-refractivity contribution >= 4 is 17.4 Å². The van der Waals surface area contributed by atoms with Gasteiger partial charge in [0, 0.05) is 22.7 Å². The molecule has 6 rings (SSSR count). The molecule has 8 heteroatoms. The lowest BCUT2D eigenvalue weighted by molar-refractivity contribution is -0.233. The van der Waals surface area contributed by atoms with Gasteiger partial charge in [0.05, 0.1) is 18.3 Å². The molecule has 192 valence electrons. The van der Waals surface area contributed by atoms with Gasteiger partial charge < -0.3 is 10.2 Å². The SMILES string of the molecule is Cc1ccc(N2C[C@@H]3C[C@H]4[C@@H]5C[C@H](F)C6=CC(=O)C=C[C@]6(C)[C@@]5(F)[C@@H](O)C[C@]4(C)[C@]3(C(=O)O)O2)cc1. The first-order chi connectivity index (χ1) is 16.9. The van der Waals surface area contributed by atoms with Crippen LogP contribution in [0.4, 0.5) is 14.5 Å². The Balaban J connectivity index is 1.43. The van der Waals surface area contributed by atoms with E-state index in [1.165, 1.54) is 12.2 Å². The number of anilines is 1. The summed E-state index contributed by atoms with van der Waals surface area (Å²) in [6, 6.07) is 7.58. The number of halogens is 2. The number of carboxylic acids is 1. The Morgan fingerprint density at radius 2 is 1.86 bits per heavy atom. The second-order valence-corrected chi connectivity index (χ2v) is 11.8. The molecule has 0 radical (unpaired) electrons. The summed E-state index contributed by atoms with van der Waals surface area (Å²) < 4.78 is 32.9. The number of alkyl halides is 2. The van der Waals surface area contributed by atoms with E-state index in [-0.39, 0.29) is 18.4 Å². The number of carbonyl (C=O) groups is 2. The maximum absolute atomic E-state index is 17.3. The number of hydroxylamine groups is 1. The summed E-state index contributed by atoms with van der Waals surface area (Å²) in [4.78, 5) is 31.3. The van der Waals surface area contributed by atoms with E-state index < -0.39 is 63.9 Å². The molecule has 1 saturated heterocycles. The fourth-order valence-electron chi connectivity index (χ4n) is 8.47. The van der Waals surface area contributed by atoms with Gasteiger partial charge in [-0.3, -0.25) is 14.7 Å². The summed E-state index contributed by atoms with van der Waals surface area (Å²) in [5.74, 6) is -3.46. The maximum atomic E-state index is 17.3. The molecule has 5 aliphatic rings. The van der Waals surface area contributed by atoms with Crippen molar-refractivity contribution in [3.8, 4) is 0 Å². The lowest BCUT2D eigenvalue weighted by Gasteiger charge is -2.62. The molecule has 4 aliphatic carbocycles. The van der Waals surface area contributed by atoms with Crippen LogP contribution in [0.2, 0.25) is 0 Å². The van der Waals surface area contributed by atoms with Gasteiger partial charge in [-0.05, 0) is 68.9 Å². The first kappa shape index (κ1) is 23.8. The minimum Gasteiger partial charge on any atom is -0.479 e. The Morgan fingerprint density at radius 3 is 2.53 bits per heavy atom. The Kier molecular flexibility index (Phi) is 4.80. The zero-order chi connectivity index (χ0) is 25.8. The third-order valence-corrected chi connectivity index (χ3v) is 10.3. The predicted octanol–water partition coefficient (Wildman–Crippen LogP) is 4.11. The molecular weight excluding hydrogens is 468 g/mol. The number of ketones is 1. The number of aliphatic hydroxyl groups excluding tert-OH is 1. The second kappa shape index (κ2) is 7.25. The van der Waals surface area contributed by atoms with Gasteiger partial charge in [0.15, 0.2) is 11.5 Å². The molecule has 1 aromatic carbocycles. The average molecular weight is 500 g/mol. The number of aryl methyl sites for hydroxylation is 1. The predicted molar refractivity (Wildman–Crippen MR) is 127 cm³/mol. The average Bonchev–Trinajstić information content (AvgIpc) is 3.32. The quantitative estimate of drug-likeness (QED) is 0.637. The number of aliphatic carboxylic acids is 1. The molecule has 1 aliphatic heterocycles. The molecule has 1 heterocycles. The van der Waals surface area contributed by atoms with E-state index in [2.05, 4.69) is 0 Å². The van der Waals surface area contributed by atoms with Crippen molar-refractivity contribution in [3.05, 3.63) is 53.6 Å². The number of hydrogen-bond acceptors (Lipinski definition) is 5. The van der Waals surface area contributed by atoms with E-state index in [1.807, 2.05) is 31.2 Å². The van der Waals surface area contributed by atoms with Gasteiger partial charge in [-0.15, -0.1) is 0 Å². The standard InChI is InChI=1S/C28H31F2NO5/c1-15-4-6-17(7-5-15)31-14-16-10-19-20-12-22(29)21-11-18(32)8-9-25(21,2)27(20,30)23(33)13-26(19,3)28(16,36-31)24(34)35/h4-9,11,16,19-20,22-23,33H,10,12-14H2,1-3H3,(H,34,35)/t16-,19-,20-,22-,23-,25-,26-,27-,28-/m0/s1. The highest BCUT2D eigenvalue weighted by Crippen LogP contribution is 2.72. The third-order valence-electron chi connectivity index (χ3n) is 10.3. The zero-order valence-corrected chi connectivity index (χ0v) is 20.6. The lowest BCUT2D eigenvalue weighted by Crippen LogP contribution is -2.70. The monoisotopic (exact) mass is 499 g/mol. The van der Waals surface area contributed by atoms with Crippen LogP contribution in [0.5, 0.6) is 0 Å². The summed E-state index contributed by atoms with van der Waals surface area (Å²) in [5, 5.41) is 23.6. The largest absolute Gasteiger partial charge is 0.479 e. The number of nitrogens with zero attached hydrogens (tertiary/aromatic N) is 1. The molecule has 0 amide bonds. The minimum atomic E-state index is -2.24. The number of benzene rings is 1. The number of allylic oxidation sites excluding steroid dienone is 4. The molecule has 0 spiro atoms.